The number of nitrogens with one attached hydrogen (secondary N) is 1. The molecule has 0 heterocycles. The highest BCUT2D eigenvalue weighted by molar-refractivity contribution is 4.84. The van der Waals surface area contributed by atoms with Crippen molar-refractivity contribution in [3.8, 4) is 0 Å². The Balaban J connectivity index is 4.43. The van der Waals surface area contributed by atoms with Crippen LogP contribution in [0.2, 0.25) is 0 Å². The summed E-state index contributed by atoms with van der Waals surface area (Å²) in [6.07, 6.45) is 7.70. The summed E-state index contributed by atoms with van der Waals surface area (Å²) < 4.78 is 5.21. The monoisotopic (exact) mass is 257 g/mol. The number of methoxy groups -OCH3 is 1. The fraction of sp³-hybridized carbons (Fsp3) is 1.00. The van der Waals surface area contributed by atoms with E-state index in [0.29, 0.717) is 5.41 Å². The Hall–Kier alpha value is -0.0800. The van der Waals surface area contributed by atoms with E-state index in [0.717, 1.165) is 13.2 Å². The van der Waals surface area contributed by atoms with E-state index in [1.807, 2.05) is 0 Å². The Morgan fingerprint density at radius 1 is 1.00 bits per heavy atom. The molecular formula is C16H35NO. The molecule has 0 saturated heterocycles. The van der Waals surface area contributed by atoms with Crippen LogP contribution in [0.15, 0.2) is 0 Å². The average Bonchev–Trinajstić information content (AvgIpc) is 2.31. The first-order valence-corrected chi connectivity index (χ1v) is 7.63. The van der Waals surface area contributed by atoms with Crippen molar-refractivity contribution in [2.75, 3.05) is 20.3 Å². The molecule has 1 N–H and O–H groups in total. The fourth-order valence-electron chi connectivity index (χ4n) is 2.38. The first-order valence-electron chi connectivity index (χ1n) is 7.63. The third-order valence-electron chi connectivity index (χ3n) is 3.86. The van der Waals surface area contributed by atoms with Crippen molar-refractivity contribution in [1.29, 1.82) is 0 Å². The second kappa shape index (κ2) is 8.92. The average molecular weight is 257 g/mol. The molecule has 18 heavy (non-hydrogen) atoms. The van der Waals surface area contributed by atoms with E-state index in [2.05, 4.69) is 39.9 Å². The Morgan fingerprint density at radius 2 is 1.61 bits per heavy atom. The molecule has 0 aliphatic rings. The summed E-state index contributed by atoms with van der Waals surface area (Å²) in [6.45, 7) is 13.4. The summed E-state index contributed by atoms with van der Waals surface area (Å²) in [7, 11) is 1.80. The highest BCUT2D eigenvalue weighted by Gasteiger charge is 2.28. The molecule has 110 valence electrons. The van der Waals surface area contributed by atoms with Gasteiger partial charge in [-0.25, -0.2) is 0 Å². The van der Waals surface area contributed by atoms with Crippen LogP contribution in [-0.4, -0.2) is 25.8 Å². The molecule has 0 spiro atoms. The Kier molecular flexibility index (Phi) is 8.89. The van der Waals surface area contributed by atoms with Crippen LogP contribution in [0, 0.1) is 5.41 Å². The van der Waals surface area contributed by atoms with Gasteiger partial charge in [0, 0.05) is 25.8 Å². The van der Waals surface area contributed by atoms with Crippen molar-refractivity contribution in [3.63, 3.8) is 0 Å². The lowest BCUT2D eigenvalue weighted by atomic mass is 9.76. The van der Waals surface area contributed by atoms with Gasteiger partial charge in [-0.1, -0.05) is 26.7 Å². The number of ether oxygens (including phenoxy) is 1. The zero-order valence-electron chi connectivity index (χ0n) is 13.6. The molecule has 0 fully saturated rings. The zero-order chi connectivity index (χ0) is 14.1. The predicted octanol–water partition coefficient (Wildman–Crippen LogP) is 4.39. The summed E-state index contributed by atoms with van der Waals surface area (Å²) in [6, 6.07) is 0. The molecule has 2 nitrogen and oxygen atoms in total. The molecule has 0 aliphatic heterocycles. The van der Waals surface area contributed by atoms with Crippen LogP contribution in [0.3, 0.4) is 0 Å². The normalized spacial score (nSPS) is 15.7. The Bertz CT molecular complexity index is 198. The van der Waals surface area contributed by atoms with Crippen LogP contribution in [0.25, 0.3) is 0 Å². The Labute approximate surface area is 115 Å². The van der Waals surface area contributed by atoms with Crippen molar-refractivity contribution in [3.05, 3.63) is 0 Å². The minimum Gasteiger partial charge on any atom is -0.385 e. The minimum atomic E-state index is 0.216. The molecule has 0 aromatic rings. The van der Waals surface area contributed by atoms with Gasteiger partial charge >= 0.3 is 0 Å². The molecular weight excluding hydrogens is 222 g/mol. The minimum absolute atomic E-state index is 0.216. The van der Waals surface area contributed by atoms with Crippen LogP contribution < -0.4 is 5.32 Å². The molecule has 0 bridgehead atoms. The molecule has 0 radical (unpaired) electrons. The van der Waals surface area contributed by atoms with E-state index in [4.69, 9.17) is 4.74 Å². The highest BCUT2D eigenvalue weighted by Crippen LogP contribution is 2.34. The number of hydrogen-bond acceptors (Lipinski definition) is 2. The van der Waals surface area contributed by atoms with E-state index in [9.17, 15) is 0 Å². The lowest BCUT2D eigenvalue weighted by Crippen LogP contribution is -2.44. The summed E-state index contributed by atoms with van der Waals surface area (Å²) in [4.78, 5) is 0. The zero-order valence-corrected chi connectivity index (χ0v) is 13.6. The maximum atomic E-state index is 5.21. The number of unbranched alkanes of at least 4 members (excludes halogenated alkanes) is 1. The lowest BCUT2D eigenvalue weighted by Gasteiger charge is -2.36. The predicted molar refractivity (Wildman–Crippen MR) is 81.1 cm³/mol. The maximum absolute atomic E-state index is 5.21. The van der Waals surface area contributed by atoms with Crippen LogP contribution >= 0.6 is 0 Å². The summed E-state index contributed by atoms with van der Waals surface area (Å²) in [5, 5.41) is 3.71. The highest BCUT2D eigenvalue weighted by atomic mass is 16.5. The lowest BCUT2D eigenvalue weighted by molar-refractivity contribution is 0.144. The topological polar surface area (TPSA) is 21.3 Å². The molecule has 0 amide bonds. The van der Waals surface area contributed by atoms with Gasteiger partial charge in [0.05, 0.1) is 0 Å². The van der Waals surface area contributed by atoms with E-state index in [1.54, 1.807) is 7.11 Å². The summed E-state index contributed by atoms with van der Waals surface area (Å²) in [5.41, 5.74) is 0.676. The van der Waals surface area contributed by atoms with E-state index >= 15 is 0 Å². The number of rotatable bonds is 10. The second-order valence-electron chi connectivity index (χ2n) is 6.66. The molecule has 2 heteroatoms. The standard InChI is InChI=1S/C16H35NO/c1-7-9-11-16(8-2,12-10-13-18-6)14-17-15(3,4)5/h17H,7-14H2,1-6H3. The maximum Gasteiger partial charge on any atom is 0.0462 e. The van der Waals surface area contributed by atoms with Crippen LogP contribution in [0.5, 0.6) is 0 Å². The fourth-order valence-corrected chi connectivity index (χ4v) is 2.38. The largest absolute Gasteiger partial charge is 0.385 e. The molecule has 0 aliphatic carbocycles. The summed E-state index contributed by atoms with van der Waals surface area (Å²) in [5.74, 6) is 0. The molecule has 0 rings (SSSR count). The van der Waals surface area contributed by atoms with Gasteiger partial charge in [-0.3, -0.25) is 0 Å². The Morgan fingerprint density at radius 3 is 2.06 bits per heavy atom. The van der Waals surface area contributed by atoms with Gasteiger partial charge in [0.25, 0.3) is 0 Å². The van der Waals surface area contributed by atoms with Gasteiger partial charge in [-0.15, -0.1) is 0 Å². The van der Waals surface area contributed by atoms with Gasteiger partial charge in [-0.05, 0) is 51.9 Å². The smallest absolute Gasteiger partial charge is 0.0462 e. The van der Waals surface area contributed by atoms with E-state index < -0.39 is 0 Å². The van der Waals surface area contributed by atoms with Gasteiger partial charge < -0.3 is 10.1 Å². The molecule has 0 aromatic heterocycles. The number of hydrogen-bond donors (Lipinski definition) is 1. The van der Waals surface area contributed by atoms with Crippen LogP contribution in [-0.2, 0) is 4.74 Å². The van der Waals surface area contributed by atoms with E-state index in [-0.39, 0.29) is 5.54 Å². The molecule has 0 saturated carbocycles. The molecule has 1 unspecified atom stereocenters. The third kappa shape index (κ3) is 8.10. The third-order valence-corrected chi connectivity index (χ3v) is 3.86. The molecule has 1 atom stereocenters. The second-order valence-corrected chi connectivity index (χ2v) is 6.66. The summed E-state index contributed by atoms with van der Waals surface area (Å²) >= 11 is 0. The SMILES string of the molecule is CCCCC(CC)(CCCOC)CNC(C)(C)C. The van der Waals surface area contributed by atoms with E-state index in [1.165, 1.54) is 38.5 Å². The van der Waals surface area contributed by atoms with Crippen molar-refractivity contribution in [1.82, 2.24) is 5.32 Å². The first-order chi connectivity index (χ1) is 8.39. The van der Waals surface area contributed by atoms with Crippen molar-refractivity contribution in [2.45, 2.75) is 78.7 Å². The molecule has 0 aromatic carbocycles. The van der Waals surface area contributed by atoms with Crippen molar-refractivity contribution < 1.29 is 4.74 Å². The van der Waals surface area contributed by atoms with Crippen LogP contribution in [0.4, 0.5) is 0 Å². The van der Waals surface area contributed by atoms with Crippen LogP contribution in [0.1, 0.15) is 73.1 Å². The van der Waals surface area contributed by atoms with Gasteiger partial charge in [0.2, 0.25) is 0 Å². The van der Waals surface area contributed by atoms with Gasteiger partial charge in [0.1, 0.15) is 0 Å². The van der Waals surface area contributed by atoms with Crippen molar-refractivity contribution >= 4 is 0 Å². The first kappa shape index (κ1) is 17.9. The quantitative estimate of drug-likeness (QED) is 0.586. The van der Waals surface area contributed by atoms with Gasteiger partial charge in [0.15, 0.2) is 0 Å². The van der Waals surface area contributed by atoms with Crippen molar-refractivity contribution in [2.24, 2.45) is 5.41 Å². The van der Waals surface area contributed by atoms with Gasteiger partial charge in [-0.2, -0.15) is 0 Å².